The Hall–Kier alpha value is -2.66. The number of carbonyl (C=O) groups is 2. The molecule has 4 rings (SSSR count). The summed E-state index contributed by atoms with van der Waals surface area (Å²) in [6.45, 7) is 3.91. The van der Waals surface area contributed by atoms with Crippen molar-refractivity contribution in [1.29, 1.82) is 0 Å². The lowest BCUT2D eigenvalue weighted by atomic mass is 9.87. The maximum absolute atomic E-state index is 12.3. The van der Waals surface area contributed by atoms with E-state index in [1.54, 1.807) is 0 Å². The third kappa shape index (κ3) is 7.16. The van der Waals surface area contributed by atoms with Crippen molar-refractivity contribution < 1.29 is 9.59 Å². The topological polar surface area (TPSA) is 61.4 Å². The summed E-state index contributed by atoms with van der Waals surface area (Å²) >= 11 is 0. The van der Waals surface area contributed by atoms with Crippen LogP contribution in [0.3, 0.4) is 0 Å². The van der Waals surface area contributed by atoms with Crippen LogP contribution >= 0.6 is 0 Å². The molecule has 2 aromatic carbocycles. The average Bonchev–Trinajstić information content (AvgIpc) is 3.36. The first-order valence-electron chi connectivity index (χ1n) is 12.6. The van der Waals surface area contributed by atoms with Crippen molar-refractivity contribution in [2.24, 2.45) is 5.92 Å². The summed E-state index contributed by atoms with van der Waals surface area (Å²) < 4.78 is 0. The van der Waals surface area contributed by atoms with Gasteiger partial charge in [0.15, 0.2) is 0 Å². The number of carbonyl (C=O) groups excluding carboxylic acids is 2. The summed E-state index contributed by atoms with van der Waals surface area (Å²) in [5.41, 5.74) is 4.71. The average molecular weight is 448 g/mol. The molecule has 2 N–H and O–H groups in total. The fraction of sp³-hybridized carbons (Fsp3) is 0.500. The van der Waals surface area contributed by atoms with E-state index in [4.69, 9.17) is 0 Å². The fourth-order valence-electron chi connectivity index (χ4n) is 5.11. The minimum Gasteiger partial charge on any atom is -0.350 e. The van der Waals surface area contributed by atoms with Crippen LogP contribution in [0.1, 0.15) is 62.5 Å². The van der Waals surface area contributed by atoms with Crippen LogP contribution in [0, 0.1) is 5.92 Å². The Kier molecular flexibility index (Phi) is 8.53. The van der Waals surface area contributed by atoms with Crippen molar-refractivity contribution in [1.82, 2.24) is 15.5 Å². The van der Waals surface area contributed by atoms with E-state index in [0.29, 0.717) is 18.9 Å². The lowest BCUT2D eigenvalue weighted by Crippen LogP contribution is -2.37. The van der Waals surface area contributed by atoms with Gasteiger partial charge in [0, 0.05) is 19.5 Å². The van der Waals surface area contributed by atoms with Gasteiger partial charge in [0.25, 0.3) is 0 Å². The Bertz CT molecular complexity index is 913. The highest BCUT2D eigenvalue weighted by atomic mass is 16.2. The molecule has 0 atom stereocenters. The summed E-state index contributed by atoms with van der Waals surface area (Å²) in [5.74, 6) is 0.324. The Morgan fingerprint density at radius 1 is 0.818 bits per heavy atom. The number of nitrogens with zero attached hydrogens (tertiary/aromatic N) is 1. The number of rotatable bonds is 9. The highest BCUT2D eigenvalue weighted by molar-refractivity contribution is 5.84. The molecule has 0 radical (unpaired) electrons. The van der Waals surface area contributed by atoms with Crippen molar-refractivity contribution in [3.05, 3.63) is 59.7 Å². The number of hydrogen-bond acceptors (Lipinski definition) is 3. The van der Waals surface area contributed by atoms with Crippen LogP contribution in [-0.4, -0.2) is 36.3 Å². The second-order valence-electron chi connectivity index (χ2n) is 9.60. The van der Waals surface area contributed by atoms with Crippen LogP contribution in [0.5, 0.6) is 0 Å². The molecule has 0 unspecified atom stereocenters. The zero-order chi connectivity index (χ0) is 22.9. The van der Waals surface area contributed by atoms with Crippen LogP contribution in [-0.2, 0) is 22.7 Å². The fourth-order valence-corrected chi connectivity index (χ4v) is 5.11. The maximum Gasteiger partial charge on any atom is 0.239 e. The molecule has 2 aliphatic rings. The first-order chi connectivity index (χ1) is 16.2. The first-order valence-corrected chi connectivity index (χ1v) is 12.6. The SMILES string of the molecule is O=C(CNC(=O)CC1CCCCC1)NCc1ccccc1-c1ccc(CN2CCCC2)cc1. The number of hydrogen-bond donors (Lipinski definition) is 2. The van der Waals surface area contributed by atoms with Gasteiger partial charge < -0.3 is 10.6 Å². The van der Waals surface area contributed by atoms with Crippen LogP contribution < -0.4 is 10.6 Å². The van der Waals surface area contributed by atoms with Gasteiger partial charge >= 0.3 is 0 Å². The standard InChI is InChI=1S/C28H37N3O2/c32-27(18-22-8-2-1-3-9-22)30-20-28(33)29-19-25-10-4-5-11-26(25)24-14-12-23(13-15-24)21-31-16-6-7-17-31/h4-5,10-15,22H,1-3,6-9,16-21H2,(H,29,33)(H,30,32). The molecule has 0 aromatic heterocycles. The third-order valence-corrected chi connectivity index (χ3v) is 7.01. The van der Waals surface area contributed by atoms with Gasteiger partial charge in [0.05, 0.1) is 6.54 Å². The molecule has 33 heavy (non-hydrogen) atoms. The molecule has 1 heterocycles. The molecule has 176 valence electrons. The number of likely N-dealkylation sites (tertiary alicyclic amines) is 1. The molecule has 2 aromatic rings. The Morgan fingerprint density at radius 2 is 1.55 bits per heavy atom. The summed E-state index contributed by atoms with van der Waals surface area (Å²) in [4.78, 5) is 27.0. The molecule has 2 fully saturated rings. The van der Waals surface area contributed by atoms with Gasteiger partial charge in [-0.15, -0.1) is 0 Å². The third-order valence-electron chi connectivity index (χ3n) is 7.01. The highest BCUT2D eigenvalue weighted by Gasteiger charge is 2.17. The summed E-state index contributed by atoms with van der Waals surface area (Å²) in [6, 6.07) is 17.0. The molecule has 1 aliphatic carbocycles. The minimum absolute atomic E-state index is 0.00790. The van der Waals surface area contributed by atoms with Gasteiger partial charge in [-0.1, -0.05) is 67.8 Å². The molecule has 0 bridgehead atoms. The first kappa shape index (κ1) is 23.5. The summed E-state index contributed by atoms with van der Waals surface area (Å²) in [6.07, 6.45) is 9.15. The van der Waals surface area contributed by atoms with E-state index in [-0.39, 0.29) is 18.4 Å². The smallest absolute Gasteiger partial charge is 0.239 e. The summed E-state index contributed by atoms with van der Waals surface area (Å²) in [5, 5.41) is 5.76. The molecule has 5 nitrogen and oxygen atoms in total. The molecule has 1 saturated carbocycles. The van der Waals surface area contributed by atoms with Gasteiger partial charge in [-0.25, -0.2) is 0 Å². The molecule has 5 heteroatoms. The minimum atomic E-state index is -0.150. The van der Waals surface area contributed by atoms with E-state index in [1.165, 1.54) is 50.8 Å². The lowest BCUT2D eigenvalue weighted by molar-refractivity contribution is -0.126. The van der Waals surface area contributed by atoms with Crippen LogP contribution in [0.4, 0.5) is 0 Å². The number of amides is 2. The van der Waals surface area contributed by atoms with Crippen molar-refractivity contribution in [2.45, 2.75) is 64.5 Å². The number of benzene rings is 2. The lowest BCUT2D eigenvalue weighted by Gasteiger charge is -2.20. The van der Waals surface area contributed by atoms with Crippen molar-refractivity contribution in [3.63, 3.8) is 0 Å². The highest BCUT2D eigenvalue weighted by Crippen LogP contribution is 2.26. The van der Waals surface area contributed by atoms with Crippen molar-refractivity contribution >= 4 is 11.8 Å². The Labute approximate surface area is 197 Å². The molecule has 0 spiro atoms. The zero-order valence-corrected chi connectivity index (χ0v) is 19.7. The van der Waals surface area contributed by atoms with Gasteiger partial charge in [0.2, 0.25) is 11.8 Å². The molecular formula is C28H37N3O2. The second-order valence-corrected chi connectivity index (χ2v) is 9.60. The normalized spacial score (nSPS) is 17.1. The van der Waals surface area contributed by atoms with Crippen LogP contribution in [0.25, 0.3) is 11.1 Å². The van der Waals surface area contributed by atoms with E-state index in [1.807, 2.05) is 12.1 Å². The van der Waals surface area contributed by atoms with Crippen molar-refractivity contribution in [2.75, 3.05) is 19.6 Å². The predicted molar refractivity (Wildman–Crippen MR) is 132 cm³/mol. The van der Waals surface area contributed by atoms with Crippen LogP contribution in [0.2, 0.25) is 0 Å². The van der Waals surface area contributed by atoms with E-state index in [9.17, 15) is 9.59 Å². The Balaban J connectivity index is 1.26. The Morgan fingerprint density at radius 3 is 2.30 bits per heavy atom. The van der Waals surface area contributed by atoms with Gasteiger partial charge in [0.1, 0.15) is 0 Å². The quantitative estimate of drug-likeness (QED) is 0.588. The van der Waals surface area contributed by atoms with E-state index in [2.05, 4.69) is 51.9 Å². The monoisotopic (exact) mass is 447 g/mol. The van der Waals surface area contributed by atoms with Crippen molar-refractivity contribution in [3.8, 4) is 11.1 Å². The van der Waals surface area contributed by atoms with Crippen LogP contribution in [0.15, 0.2) is 48.5 Å². The largest absolute Gasteiger partial charge is 0.350 e. The molecular weight excluding hydrogens is 410 g/mol. The van der Waals surface area contributed by atoms with Gasteiger partial charge in [-0.2, -0.15) is 0 Å². The van der Waals surface area contributed by atoms with E-state index >= 15 is 0 Å². The molecule has 2 amide bonds. The predicted octanol–water partition coefficient (Wildman–Crippen LogP) is 4.65. The molecule has 1 saturated heterocycles. The second kappa shape index (κ2) is 12.0. The van der Waals surface area contributed by atoms with E-state index in [0.717, 1.165) is 36.1 Å². The van der Waals surface area contributed by atoms with Gasteiger partial charge in [-0.3, -0.25) is 14.5 Å². The summed E-state index contributed by atoms with van der Waals surface area (Å²) in [7, 11) is 0. The maximum atomic E-state index is 12.3. The van der Waals surface area contributed by atoms with Gasteiger partial charge in [-0.05, 0) is 66.9 Å². The van der Waals surface area contributed by atoms with E-state index < -0.39 is 0 Å². The zero-order valence-electron chi connectivity index (χ0n) is 19.7. The molecule has 1 aliphatic heterocycles. The number of nitrogens with one attached hydrogen (secondary N) is 2.